The molecule has 1 aromatic carbocycles. The Labute approximate surface area is 102 Å². The summed E-state index contributed by atoms with van der Waals surface area (Å²) in [4.78, 5) is 0. The Morgan fingerprint density at radius 1 is 1.41 bits per heavy atom. The zero-order valence-corrected chi connectivity index (χ0v) is 10.0. The van der Waals surface area contributed by atoms with Gasteiger partial charge in [-0.05, 0) is 37.1 Å². The molecule has 17 heavy (non-hydrogen) atoms. The van der Waals surface area contributed by atoms with Crippen LogP contribution >= 0.6 is 0 Å². The van der Waals surface area contributed by atoms with E-state index in [4.69, 9.17) is 15.9 Å². The summed E-state index contributed by atoms with van der Waals surface area (Å²) < 4.78 is 10.6. The van der Waals surface area contributed by atoms with E-state index in [1.807, 2.05) is 18.2 Å². The van der Waals surface area contributed by atoms with Crippen LogP contribution in [-0.4, -0.2) is 19.4 Å². The number of rotatable bonds is 5. The molecule has 1 atom stereocenters. The summed E-state index contributed by atoms with van der Waals surface area (Å²) in [6.45, 7) is 3.38. The third kappa shape index (κ3) is 2.92. The Balaban J connectivity index is 2.00. The van der Waals surface area contributed by atoms with Gasteiger partial charge in [0.1, 0.15) is 0 Å². The Morgan fingerprint density at radius 3 is 3.00 bits per heavy atom. The van der Waals surface area contributed by atoms with Crippen LogP contribution in [0.5, 0.6) is 11.5 Å². The minimum absolute atomic E-state index is 0.0790. The molecule has 0 aliphatic carbocycles. The van der Waals surface area contributed by atoms with Crippen molar-refractivity contribution in [3.63, 3.8) is 0 Å². The lowest BCUT2D eigenvalue weighted by atomic mass is 10.1. The monoisotopic (exact) mass is 231 g/mol. The maximum Gasteiger partial charge on any atom is 0.231 e. The van der Waals surface area contributed by atoms with E-state index in [2.05, 4.69) is 18.2 Å². The van der Waals surface area contributed by atoms with Crippen LogP contribution in [0.15, 0.2) is 18.2 Å². The maximum atomic E-state index is 5.51. The highest BCUT2D eigenvalue weighted by Gasteiger charge is 2.14. The molecule has 1 heterocycles. The highest BCUT2D eigenvalue weighted by molar-refractivity contribution is 5.44. The molecule has 1 aliphatic heterocycles. The molecule has 1 N–H and O–H groups in total. The normalized spacial score (nSPS) is 14.4. The van der Waals surface area contributed by atoms with Gasteiger partial charge in [-0.2, -0.15) is 0 Å². The van der Waals surface area contributed by atoms with Crippen LogP contribution in [0.2, 0.25) is 0 Å². The summed E-state index contributed by atoms with van der Waals surface area (Å²) in [5.74, 6) is 4.40. The Hall–Kier alpha value is -1.66. The van der Waals surface area contributed by atoms with Gasteiger partial charge in [0.15, 0.2) is 11.5 Å². The molecule has 0 aromatic heterocycles. The van der Waals surface area contributed by atoms with Gasteiger partial charge in [-0.25, -0.2) is 0 Å². The number of hydrogen-bond donors (Lipinski definition) is 1. The number of hydrogen-bond acceptors (Lipinski definition) is 3. The van der Waals surface area contributed by atoms with Gasteiger partial charge in [-0.3, -0.25) is 0 Å². The summed E-state index contributed by atoms with van der Waals surface area (Å²) in [6, 6.07) is 6.05. The summed E-state index contributed by atoms with van der Waals surface area (Å²) in [5, 5.41) is 3.33. The van der Waals surface area contributed by atoms with Crippen molar-refractivity contribution in [3.8, 4) is 23.8 Å². The molecule has 1 unspecified atom stereocenters. The number of nitrogens with one attached hydrogen (secondary N) is 1. The van der Waals surface area contributed by atoms with Crippen molar-refractivity contribution >= 4 is 0 Å². The van der Waals surface area contributed by atoms with Crippen LogP contribution in [0, 0.1) is 12.3 Å². The lowest BCUT2D eigenvalue weighted by Crippen LogP contribution is -2.30. The molecule has 90 valence electrons. The number of ether oxygens (including phenoxy) is 2. The predicted molar refractivity (Wildman–Crippen MR) is 67.2 cm³/mol. The standard InChI is InChI=1S/C14H17NO2/c1-3-7-15-12(4-2)8-11-5-6-13-14(9-11)17-10-16-13/h2,5-6,9,12,15H,3,7-8,10H2,1H3. The van der Waals surface area contributed by atoms with Crippen molar-refractivity contribution in [1.82, 2.24) is 5.32 Å². The zero-order valence-electron chi connectivity index (χ0n) is 10.0. The fourth-order valence-corrected chi connectivity index (χ4v) is 1.81. The molecule has 3 heteroatoms. The van der Waals surface area contributed by atoms with Gasteiger partial charge in [0.2, 0.25) is 6.79 Å². The second-order valence-corrected chi connectivity index (χ2v) is 4.07. The highest BCUT2D eigenvalue weighted by atomic mass is 16.7. The number of benzene rings is 1. The van der Waals surface area contributed by atoms with E-state index < -0.39 is 0 Å². The van der Waals surface area contributed by atoms with E-state index in [0.29, 0.717) is 6.79 Å². The average molecular weight is 231 g/mol. The zero-order chi connectivity index (χ0) is 12.1. The minimum atomic E-state index is 0.0790. The van der Waals surface area contributed by atoms with E-state index in [-0.39, 0.29) is 6.04 Å². The maximum absolute atomic E-state index is 5.51. The van der Waals surface area contributed by atoms with E-state index in [1.165, 1.54) is 5.56 Å². The Morgan fingerprint density at radius 2 is 2.24 bits per heavy atom. The van der Waals surface area contributed by atoms with E-state index in [0.717, 1.165) is 30.9 Å². The molecular formula is C14H17NO2. The fraction of sp³-hybridized carbons (Fsp3) is 0.429. The van der Waals surface area contributed by atoms with Crippen molar-refractivity contribution in [2.45, 2.75) is 25.8 Å². The molecule has 0 saturated heterocycles. The second kappa shape index (κ2) is 5.60. The average Bonchev–Trinajstić information content (AvgIpc) is 2.81. The first-order chi connectivity index (χ1) is 8.33. The van der Waals surface area contributed by atoms with Crippen LogP contribution in [0.3, 0.4) is 0 Å². The third-order valence-corrected chi connectivity index (χ3v) is 2.72. The van der Waals surface area contributed by atoms with Gasteiger partial charge in [-0.1, -0.05) is 18.9 Å². The van der Waals surface area contributed by atoms with Crippen molar-refractivity contribution in [2.24, 2.45) is 0 Å². The molecule has 0 spiro atoms. The lowest BCUT2D eigenvalue weighted by Gasteiger charge is -2.12. The van der Waals surface area contributed by atoms with E-state index in [1.54, 1.807) is 0 Å². The molecular weight excluding hydrogens is 214 g/mol. The summed E-state index contributed by atoms with van der Waals surface area (Å²) in [5.41, 5.74) is 1.17. The van der Waals surface area contributed by atoms with Gasteiger partial charge in [0.05, 0.1) is 6.04 Å². The molecule has 0 saturated carbocycles. The van der Waals surface area contributed by atoms with Crippen LogP contribution in [-0.2, 0) is 6.42 Å². The molecule has 1 aliphatic rings. The first-order valence-electron chi connectivity index (χ1n) is 5.91. The molecule has 0 bridgehead atoms. The largest absolute Gasteiger partial charge is 0.454 e. The van der Waals surface area contributed by atoms with Crippen LogP contribution in [0.4, 0.5) is 0 Å². The van der Waals surface area contributed by atoms with Crippen molar-refractivity contribution in [1.29, 1.82) is 0 Å². The van der Waals surface area contributed by atoms with Gasteiger partial charge in [0.25, 0.3) is 0 Å². The summed E-state index contributed by atoms with van der Waals surface area (Å²) in [7, 11) is 0. The van der Waals surface area contributed by atoms with Gasteiger partial charge in [0, 0.05) is 0 Å². The first kappa shape index (κ1) is 11.8. The van der Waals surface area contributed by atoms with Crippen LogP contribution in [0.1, 0.15) is 18.9 Å². The van der Waals surface area contributed by atoms with Gasteiger partial charge in [-0.15, -0.1) is 6.42 Å². The summed E-state index contributed by atoms with van der Waals surface area (Å²) in [6.07, 6.45) is 7.40. The molecule has 2 rings (SSSR count). The lowest BCUT2D eigenvalue weighted by molar-refractivity contribution is 0.174. The molecule has 0 radical (unpaired) electrons. The van der Waals surface area contributed by atoms with E-state index in [9.17, 15) is 0 Å². The topological polar surface area (TPSA) is 30.5 Å². The van der Waals surface area contributed by atoms with Gasteiger partial charge < -0.3 is 14.8 Å². The molecule has 0 fully saturated rings. The Bertz CT molecular complexity index is 423. The predicted octanol–water partition coefficient (Wildman–Crippen LogP) is 1.96. The van der Waals surface area contributed by atoms with Crippen molar-refractivity contribution in [2.75, 3.05) is 13.3 Å². The SMILES string of the molecule is C#CC(Cc1ccc2c(c1)OCO2)NCCC. The van der Waals surface area contributed by atoms with Gasteiger partial charge >= 0.3 is 0 Å². The fourth-order valence-electron chi connectivity index (χ4n) is 1.81. The van der Waals surface area contributed by atoms with E-state index >= 15 is 0 Å². The van der Waals surface area contributed by atoms with Crippen molar-refractivity contribution < 1.29 is 9.47 Å². The molecule has 1 aromatic rings. The highest BCUT2D eigenvalue weighted by Crippen LogP contribution is 2.32. The second-order valence-electron chi connectivity index (χ2n) is 4.07. The first-order valence-corrected chi connectivity index (χ1v) is 5.91. The van der Waals surface area contributed by atoms with Crippen molar-refractivity contribution in [3.05, 3.63) is 23.8 Å². The summed E-state index contributed by atoms with van der Waals surface area (Å²) >= 11 is 0. The number of fused-ring (bicyclic) bond motifs is 1. The smallest absolute Gasteiger partial charge is 0.231 e. The minimum Gasteiger partial charge on any atom is -0.454 e. The quantitative estimate of drug-likeness (QED) is 0.786. The number of terminal acetylenes is 1. The Kier molecular flexibility index (Phi) is 3.89. The van der Waals surface area contributed by atoms with Crippen LogP contribution in [0.25, 0.3) is 0 Å². The molecule has 0 amide bonds. The molecule has 3 nitrogen and oxygen atoms in total. The third-order valence-electron chi connectivity index (χ3n) is 2.72. The van der Waals surface area contributed by atoms with Crippen LogP contribution < -0.4 is 14.8 Å².